The van der Waals surface area contributed by atoms with Gasteiger partial charge in [-0.15, -0.1) is 11.3 Å². The van der Waals surface area contributed by atoms with Gasteiger partial charge in [-0.1, -0.05) is 12.8 Å². The third kappa shape index (κ3) is 3.26. The summed E-state index contributed by atoms with van der Waals surface area (Å²) in [5, 5.41) is 3.43. The van der Waals surface area contributed by atoms with E-state index in [4.69, 9.17) is 5.73 Å². The maximum atomic E-state index is 6.27. The Morgan fingerprint density at radius 1 is 1.47 bits per heavy atom. The summed E-state index contributed by atoms with van der Waals surface area (Å²) >= 11 is 1.70. The van der Waals surface area contributed by atoms with E-state index in [1.807, 2.05) is 11.7 Å². The standard InChI is InChI=1S/C11H19N3S/c12-11(3-1-2-4-11)5-6-13-7-10-8-14-9-15-10/h8-9,13H,1-7,12H2. The lowest BCUT2D eigenvalue weighted by atomic mass is 9.95. The van der Waals surface area contributed by atoms with Crippen molar-refractivity contribution in [2.24, 2.45) is 5.73 Å². The van der Waals surface area contributed by atoms with Crippen LogP contribution >= 0.6 is 11.3 Å². The van der Waals surface area contributed by atoms with E-state index in [0.717, 1.165) is 19.5 Å². The molecule has 0 amide bonds. The second kappa shape index (κ2) is 5.05. The molecule has 0 aliphatic heterocycles. The smallest absolute Gasteiger partial charge is 0.0794 e. The fourth-order valence-electron chi connectivity index (χ4n) is 2.21. The van der Waals surface area contributed by atoms with Gasteiger partial charge in [-0.3, -0.25) is 4.98 Å². The Hall–Kier alpha value is -0.450. The minimum Gasteiger partial charge on any atom is -0.325 e. The third-order valence-corrected chi connectivity index (χ3v) is 3.96. The maximum Gasteiger partial charge on any atom is 0.0794 e. The molecule has 3 nitrogen and oxygen atoms in total. The molecule has 4 heteroatoms. The summed E-state index contributed by atoms with van der Waals surface area (Å²) in [6.45, 7) is 1.95. The highest BCUT2D eigenvalue weighted by Gasteiger charge is 2.28. The molecule has 15 heavy (non-hydrogen) atoms. The number of hydrogen-bond donors (Lipinski definition) is 2. The zero-order valence-corrected chi connectivity index (χ0v) is 9.85. The first-order valence-corrected chi connectivity index (χ1v) is 6.53. The van der Waals surface area contributed by atoms with Crippen LogP contribution in [0.1, 0.15) is 37.0 Å². The molecule has 0 bridgehead atoms. The summed E-state index contributed by atoms with van der Waals surface area (Å²) in [4.78, 5) is 5.34. The Bertz CT molecular complexity index is 278. The van der Waals surface area contributed by atoms with Crippen LogP contribution in [-0.4, -0.2) is 17.1 Å². The second-order valence-corrected chi connectivity index (χ2v) is 5.43. The zero-order valence-electron chi connectivity index (χ0n) is 9.04. The van der Waals surface area contributed by atoms with Gasteiger partial charge in [0.1, 0.15) is 0 Å². The van der Waals surface area contributed by atoms with Crippen LogP contribution in [0, 0.1) is 0 Å². The van der Waals surface area contributed by atoms with Crippen LogP contribution in [0.2, 0.25) is 0 Å². The van der Waals surface area contributed by atoms with Gasteiger partial charge in [-0.05, 0) is 25.8 Å². The van der Waals surface area contributed by atoms with Gasteiger partial charge < -0.3 is 11.1 Å². The minimum absolute atomic E-state index is 0.126. The number of rotatable bonds is 5. The van der Waals surface area contributed by atoms with E-state index in [2.05, 4.69) is 10.3 Å². The number of thiazole rings is 1. The van der Waals surface area contributed by atoms with E-state index in [-0.39, 0.29) is 5.54 Å². The van der Waals surface area contributed by atoms with E-state index in [1.54, 1.807) is 11.3 Å². The predicted octanol–water partition coefficient (Wildman–Crippen LogP) is 1.89. The van der Waals surface area contributed by atoms with E-state index in [0.29, 0.717) is 0 Å². The number of nitrogens with two attached hydrogens (primary N) is 1. The first-order chi connectivity index (χ1) is 7.29. The molecule has 0 atom stereocenters. The SMILES string of the molecule is NC1(CCNCc2cncs2)CCCC1. The largest absolute Gasteiger partial charge is 0.325 e. The van der Waals surface area contributed by atoms with Crippen molar-refractivity contribution < 1.29 is 0 Å². The molecule has 1 aromatic heterocycles. The molecule has 1 fully saturated rings. The van der Waals surface area contributed by atoms with E-state index < -0.39 is 0 Å². The minimum atomic E-state index is 0.126. The molecular formula is C11H19N3S. The normalized spacial score (nSPS) is 19.5. The summed E-state index contributed by atoms with van der Waals surface area (Å²) in [5.41, 5.74) is 8.27. The van der Waals surface area contributed by atoms with Gasteiger partial charge in [0.2, 0.25) is 0 Å². The number of nitrogens with zero attached hydrogens (tertiary/aromatic N) is 1. The molecule has 0 unspecified atom stereocenters. The topological polar surface area (TPSA) is 50.9 Å². The molecule has 84 valence electrons. The first-order valence-electron chi connectivity index (χ1n) is 5.65. The number of nitrogens with one attached hydrogen (secondary N) is 1. The zero-order chi connectivity index (χ0) is 10.6. The Morgan fingerprint density at radius 2 is 2.27 bits per heavy atom. The van der Waals surface area contributed by atoms with Crippen molar-refractivity contribution in [1.29, 1.82) is 0 Å². The fraction of sp³-hybridized carbons (Fsp3) is 0.727. The van der Waals surface area contributed by atoms with Crippen LogP contribution in [0.3, 0.4) is 0 Å². The monoisotopic (exact) mass is 225 g/mol. The Balaban J connectivity index is 1.62. The average Bonchev–Trinajstić information content (AvgIpc) is 2.84. The van der Waals surface area contributed by atoms with Crippen molar-refractivity contribution in [1.82, 2.24) is 10.3 Å². The molecule has 3 N–H and O–H groups in total. The summed E-state index contributed by atoms with van der Waals surface area (Å²) in [5.74, 6) is 0. The van der Waals surface area contributed by atoms with Gasteiger partial charge >= 0.3 is 0 Å². The number of hydrogen-bond acceptors (Lipinski definition) is 4. The van der Waals surface area contributed by atoms with Crippen molar-refractivity contribution >= 4 is 11.3 Å². The van der Waals surface area contributed by atoms with Crippen molar-refractivity contribution in [3.05, 3.63) is 16.6 Å². The van der Waals surface area contributed by atoms with Crippen LogP contribution in [-0.2, 0) is 6.54 Å². The van der Waals surface area contributed by atoms with Gasteiger partial charge in [0.15, 0.2) is 0 Å². The first kappa shape index (κ1) is 11.0. The van der Waals surface area contributed by atoms with Gasteiger partial charge in [0.05, 0.1) is 5.51 Å². The van der Waals surface area contributed by atoms with Gasteiger partial charge in [0, 0.05) is 23.2 Å². The van der Waals surface area contributed by atoms with Crippen LogP contribution in [0.5, 0.6) is 0 Å². The second-order valence-electron chi connectivity index (χ2n) is 4.46. The van der Waals surface area contributed by atoms with Gasteiger partial charge in [-0.25, -0.2) is 0 Å². The highest BCUT2D eigenvalue weighted by atomic mass is 32.1. The quantitative estimate of drug-likeness (QED) is 0.752. The Labute approximate surface area is 95.1 Å². The Kier molecular flexibility index (Phi) is 3.72. The molecule has 1 aliphatic carbocycles. The maximum absolute atomic E-state index is 6.27. The molecule has 2 rings (SSSR count). The molecule has 1 saturated carbocycles. The fourth-order valence-corrected chi connectivity index (χ4v) is 2.77. The van der Waals surface area contributed by atoms with Crippen molar-refractivity contribution in [3.63, 3.8) is 0 Å². The summed E-state index contributed by atoms with van der Waals surface area (Å²) < 4.78 is 0. The third-order valence-electron chi connectivity index (χ3n) is 3.18. The molecule has 1 heterocycles. The molecular weight excluding hydrogens is 206 g/mol. The summed E-state index contributed by atoms with van der Waals surface area (Å²) in [7, 11) is 0. The van der Waals surface area contributed by atoms with Crippen LogP contribution < -0.4 is 11.1 Å². The molecule has 1 aromatic rings. The lowest BCUT2D eigenvalue weighted by molar-refractivity contribution is 0.394. The molecule has 0 radical (unpaired) electrons. The number of aromatic nitrogens is 1. The van der Waals surface area contributed by atoms with E-state index >= 15 is 0 Å². The van der Waals surface area contributed by atoms with E-state index in [1.165, 1.54) is 30.6 Å². The molecule has 0 aromatic carbocycles. The van der Waals surface area contributed by atoms with Crippen LogP contribution in [0.25, 0.3) is 0 Å². The highest BCUT2D eigenvalue weighted by Crippen LogP contribution is 2.29. The average molecular weight is 225 g/mol. The van der Waals surface area contributed by atoms with Gasteiger partial charge in [-0.2, -0.15) is 0 Å². The van der Waals surface area contributed by atoms with Crippen LogP contribution in [0.4, 0.5) is 0 Å². The lowest BCUT2D eigenvalue weighted by Crippen LogP contribution is -2.39. The predicted molar refractivity (Wildman–Crippen MR) is 63.8 cm³/mol. The Morgan fingerprint density at radius 3 is 2.93 bits per heavy atom. The highest BCUT2D eigenvalue weighted by molar-refractivity contribution is 7.09. The summed E-state index contributed by atoms with van der Waals surface area (Å²) in [6.07, 6.45) is 8.05. The summed E-state index contributed by atoms with van der Waals surface area (Å²) in [6, 6.07) is 0. The lowest BCUT2D eigenvalue weighted by Gasteiger charge is -2.23. The van der Waals surface area contributed by atoms with E-state index in [9.17, 15) is 0 Å². The van der Waals surface area contributed by atoms with Gasteiger partial charge in [0.25, 0.3) is 0 Å². The van der Waals surface area contributed by atoms with Crippen molar-refractivity contribution in [3.8, 4) is 0 Å². The van der Waals surface area contributed by atoms with Crippen molar-refractivity contribution in [2.45, 2.75) is 44.2 Å². The molecule has 0 spiro atoms. The molecule has 1 aliphatic rings. The van der Waals surface area contributed by atoms with Crippen molar-refractivity contribution in [2.75, 3.05) is 6.54 Å². The molecule has 0 saturated heterocycles. The van der Waals surface area contributed by atoms with Crippen LogP contribution in [0.15, 0.2) is 11.7 Å².